The number of hydrogen-bond donors (Lipinski definition) is 0. The molecule has 2 heterocycles. The molecule has 6 heteroatoms. The van der Waals surface area contributed by atoms with Gasteiger partial charge in [-0.05, 0) is 52.9 Å². The van der Waals surface area contributed by atoms with Crippen molar-refractivity contribution in [3.05, 3.63) is 110 Å². The van der Waals surface area contributed by atoms with Gasteiger partial charge in [0, 0.05) is 11.6 Å². The molecule has 4 aromatic rings. The molecular formula is C28H24ClNO4. The first kappa shape index (κ1) is 22.2. The van der Waals surface area contributed by atoms with Crippen LogP contribution in [0.15, 0.2) is 75.9 Å². The van der Waals surface area contributed by atoms with Crippen LogP contribution < -0.4 is 10.2 Å². The summed E-state index contributed by atoms with van der Waals surface area (Å²) in [6.07, 6.45) is 0. The number of hydrogen-bond acceptors (Lipinski definition) is 4. The molecule has 3 aromatic carbocycles. The first-order valence-corrected chi connectivity index (χ1v) is 11.5. The molecule has 34 heavy (non-hydrogen) atoms. The van der Waals surface area contributed by atoms with E-state index in [9.17, 15) is 9.59 Å². The monoisotopic (exact) mass is 473 g/mol. The van der Waals surface area contributed by atoms with Crippen molar-refractivity contribution in [2.45, 2.75) is 32.4 Å². The third-order valence-electron chi connectivity index (χ3n) is 6.36. The Hall–Kier alpha value is -3.57. The van der Waals surface area contributed by atoms with Gasteiger partial charge < -0.3 is 14.1 Å². The minimum Gasteiger partial charge on any atom is -0.497 e. The largest absolute Gasteiger partial charge is 0.497 e. The summed E-state index contributed by atoms with van der Waals surface area (Å²) < 4.78 is 11.3. The van der Waals surface area contributed by atoms with Gasteiger partial charge in [0.2, 0.25) is 5.76 Å². The van der Waals surface area contributed by atoms with Crippen molar-refractivity contribution < 1.29 is 13.9 Å². The maximum atomic E-state index is 13.6. The second-order valence-corrected chi connectivity index (χ2v) is 9.26. The Morgan fingerprint density at radius 2 is 1.71 bits per heavy atom. The average molecular weight is 474 g/mol. The number of benzene rings is 3. The molecule has 0 bridgehead atoms. The van der Waals surface area contributed by atoms with Gasteiger partial charge in [-0.15, -0.1) is 0 Å². The van der Waals surface area contributed by atoms with Crippen molar-refractivity contribution in [3.63, 3.8) is 0 Å². The first-order chi connectivity index (χ1) is 16.4. The SMILES string of the molecule is COc1ccc(CN2C(=O)c3oc4ccc(Cl)cc4c(=O)c3[C@H]2c2ccc(C(C)C)cc2)cc1. The molecule has 5 nitrogen and oxygen atoms in total. The highest BCUT2D eigenvalue weighted by atomic mass is 35.5. The predicted molar refractivity (Wildman–Crippen MR) is 133 cm³/mol. The number of rotatable bonds is 5. The summed E-state index contributed by atoms with van der Waals surface area (Å²) in [5, 5.41) is 0.811. The van der Waals surface area contributed by atoms with Crippen LogP contribution in [-0.2, 0) is 6.54 Å². The van der Waals surface area contributed by atoms with Crippen molar-refractivity contribution >= 4 is 28.5 Å². The van der Waals surface area contributed by atoms with Crippen molar-refractivity contribution in [2.24, 2.45) is 0 Å². The molecule has 0 spiro atoms. The Bertz CT molecular complexity index is 1440. The second kappa shape index (κ2) is 8.65. The molecule has 0 saturated carbocycles. The Morgan fingerprint density at radius 3 is 2.35 bits per heavy atom. The van der Waals surface area contributed by atoms with Gasteiger partial charge in [0.05, 0.1) is 24.1 Å². The smallest absolute Gasteiger partial charge is 0.291 e. The number of fused-ring (bicyclic) bond motifs is 2. The molecule has 0 aliphatic carbocycles. The highest BCUT2D eigenvalue weighted by Gasteiger charge is 2.42. The molecule has 0 fully saturated rings. The Balaban J connectivity index is 1.67. The van der Waals surface area contributed by atoms with Gasteiger partial charge in [0.15, 0.2) is 5.43 Å². The van der Waals surface area contributed by atoms with Crippen molar-refractivity contribution in [3.8, 4) is 5.75 Å². The lowest BCUT2D eigenvalue weighted by molar-refractivity contribution is 0.0714. The van der Waals surface area contributed by atoms with Crippen LogP contribution in [0.2, 0.25) is 5.02 Å². The summed E-state index contributed by atoms with van der Waals surface area (Å²) in [6.45, 7) is 4.58. The lowest BCUT2D eigenvalue weighted by atomic mass is 9.95. The van der Waals surface area contributed by atoms with E-state index in [0.29, 0.717) is 34.0 Å². The maximum absolute atomic E-state index is 13.6. The van der Waals surface area contributed by atoms with Crippen LogP contribution in [0.25, 0.3) is 11.0 Å². The van der Waals surface area contributed by atoms with E-state index in [2.05, 4.69) is 13.8 Å². The zero-order chi connectivity index (χ0) is 24.0. The Kier molecular flexibility index (Phi) is 5.66. The number of methoxy groups -OCH3 is 1. The van der Waals surface area contributed by atoms with Crippen LogP contribution in [0.3, 0.4) is 0 Å². The van der Waals surface area contributed by atoms with E-state index in [1.807, 2.05) is 48.5 Å². The Labute approximate surface area is 202 Å². The fraction of sp³-hybridized carbons (Fsp3) is 0.214. The second-order valence-electron chi connectivity index (χ2n) is 8.82. The minimum atomic E-state index is -0.564. The molecule has 1 aliphatic heterocycles. The zero-order valence-corrected chi connectivity index (χ0v) is 19.9. The summed E-state index contributed by atoms with van der Waals surface area (Å²) >= 11 is 6.16. The molecule has 1 atom stereocenters. The molecule has 0 unspecified atom stereocenters. The third kappa shape index (κ3) is 3.76. The molecule has 1 amide bonds. The van der Waals surface area contributed by atoms with Crippen LogP contribution in [0.1, 0.15) is 58.6 Å². The van der Waals surface area contributed by atoms with E-state index in [4.69, 9.17) is 20.8 Å². The van der Waals surface area contributed by atoms with Crippen LogP contribution in [-0.4, -0.2) is 17.9 Å². The van der Waals surface area contributed by atoms with E-state index in [-0.39, 0.29) is 17.1 Å². The van der Waals surface area contributed by atoms with Gasteiger partial charge in [0.25, 0.3) is 5.91 Å². The number of carbonyl (C=O) groups excluding carboxylic acids is 1. The molecule has 0 saturated heterocycles. The Morgan fingerprint density at radius 1 is 1.00 bits per heavy atom. The summed E-state index contributed by atoms with van der Waals surface area (Å²) in [7, 11) is 1.61. The highest BCUT2D eigenvalue weighted by molar-refractivity contribution is 6.31. The number of carbonyl (C=O) groups is 1. The van der Waals surface area contributed by atoms with Gasteiger partial charge in [0.1, 0.15) is 11.3 Å². The van der Waals surface area contributed by atoms with Crippen LogP contribution in [0.5, 0.6) is 5.75 Å². The lowest BCUT2D eigenvalue weighted by Gasteiger charge is -2.25. The number of halogens is 1. The maximum Gasteiger partial charge on any atom is 0.291 e. The van der Waals surface area contributed by atoms with Gasteiger partial charge in [-0.3, -0.25) is 9.59 Å². The van der Waals surface area contributed by atoms with Crippen molar-refractivity contribution in [1.29, 1.82) is 0 Å². The van der Waals surface area contributed by atoms with E-state index in [0.717, 1.165) is 16.9 Å². The molecule has 0 N–H and O–H groups in total. The lowest BCUT2D eigenvalue weighted by Crippen LogP contribution is -2.29. The van der Waals surface area contributed by atoms with Crippen LogP contribution in [0.4, 0.5) is 0 Å². The third-order valence-corrected chi connectivity index (χ3v) is 6.59. The topological polar surface area (TPSA) is 59.8 Å². The molecule has 172 valence electrons. The van der Waals surface area contributed by atoms with Gasteiger partial charge in [-0.1, -0.05) is 61.8 Å². The summed E-state index contributed by atoms with van der Waals surface area (Å²) in [6, 6.07) is 19.9. The minimum absolute atomic E-state index is 0.0891. The quantitative estimate of drug-likeness (QED) is 0.340. The number of ether oxygens (including phenoxy) is 1. The van der Waals surface area contributed by atoms with Crippen LogP contribution in [0, 0.1) is 0 Å². The zero-order valence-electron chi connectivity index (χ0n) is 19.2. The predicted octanol–water partition coefficient (Wildman–Crippen LogP) is 6.32. The molecule has 1 aromatic heterocycles. The summed E-state index contributed by atoms with van der Waals surface area (Å²) in [4.78, 5) is 28.9. The first-order valence-electron chi connectivity index (χ1n) is 11.2. The number of amides is 1. The van der Waals surface area contributed by atoms with Crippen molar-refractivity contribution in [1.82, 2.24) is 4.90 Å². The van der Waals surface area contributed by atoms with Crippen LogP contribution >= 0.6 is 11.6 Å². The molecule has 5 rings (SSSR count). The fourth-order valence-electron chi connectivity index (χ4n) is 4.49. The summed E-state index contributed by atoms with van der Waals surface area (Å²) in [5.41, 5.74) is 3.44. The van der Waals surface area contributed by atoms with E-state index < -0.39 is 6.04 Å². The molecule has 0 radical (unpaired) electrons. The highest BCUT2D eigenvalue weighted by Crippen LogP contribution is 2.39. The van der Waals surface area contributed by atoms with E-state index in [1.54, 1.807) is 30.2 Å². The van der Waals surface area contributed by atoms with E-state index in [1.165, 1.54) is 5.56 Å². The van der Waals surface area contributed by atoms with Gasteiger partial charge in [-0.2, -0.15) is 0 Å². The van der Waals surface area contributed by atoms with E-state index >= 15 is 0 Å². The molecular weight excluding hydrogens is 450 g/mol. The number of nitrogens with zero attached hydrogens (tertiary/aromatic N) is 1. The average Bonchev–Trinajstić information content (AvgIpc) is 3.12. The van der Waals surface area contributed by atoms with Crippen molar-refractivity contribution in [2.75, 3.05) is 7.11 Å². The van der Waals surface area contributed by atoms with Gasteiger partial charge >= 0.3 is 0 Å². The summed E-state index contributed by atoms with van der Waals surface area (Å²) in [5.74, 6) is 0.891. The normalized spacial score (nSPS) is 15.3. The van der Waals surface area contributed by atoms with Gasteiger partial charge in [-0.25, -0.2) is 0 Å². The molecule has 1 aliphatic rings. The fourth-order valence-corrected chi connectivity index (χ4v) is 4.67. The standard InChI is InChI=1S/C28H24ClNO4/c1-16(2)18-6-8-19(9-7-18)25-24-26(31)22-14-20(29)10-13-23(22)34-27(24)28(32)30(25)15-17-4-11-21(33-3)12-5-17/h4-14,16,25H,15H2,1-3H3/t25-/m1/s1.